The van der Waals surface area contributed by atoms with Crippen LogP contribution in [0.15, 0.2) is 78.9 Å². The van der Waals surface area contributed by atoms with Gasteiger partial charge >= 0.3 is 0 Å². The first-order valence-corrected chi connectivity index (χ1v) is 9.81. The fourth-order valence-electron chi connectivity index (χ4n) is 2.90. The predicted molar refractivity (Wildman–Crippen MR) is 113 cm³/mol. The molecule has 0 aliphatic carbocycles. The first-order chi connectivity index (χ1) is 13.2. The lowest BCUT2D eigenvalue weighted by Gasteiger charge is -2.14. The lowest BCUT2D eigenvalue weighted by Crippen LogP contribution is -2.25. The summed E-state index contributed by atoms with van der Waals surface area (Å²) in [6.07, 6.45) is 2.23. The molecule has 27 heavy (non-hydrogen) atoms. The molecule has 0 bridgehead atoms. The second-order valence-corrected chi connectivity index (χ2v) is 7.24. The summed E-state index contributed by atoms with van der Waals surface area (Å²) in [5.74, 6) is 0.857. The maximum absolute atomic E-state index is 6.16. The highest BCUT2D eigenvalue weighted by Gasteiger charge is 2.04. The van der Waals surface area contributed by atoms with E-state index in [1.54, 1.807) is 0 Å². The summed E-state index contributed by atoms with van der Waals surface area (Å²) >= 11 is 6.16. The van der Waals surface area contributed by atoms with Gasteiger partial charge in [0, 0.05) is 23.2 Å². The molecule has 0 radical (unpaired) electrons. The number of ether oxygens (including phenoxy) is 1. The van der Waals surface area contributed by atoms with Gasteiger partial charge in [0.1, 0.15) is 12.4 Å². The van der Waals surface area contributed by atoms with Gasteiger partial charge in [-0.3, -0.25) is 0 Å². The summed E-state index contributed by atoms with van der Waals surface area (Å²) in [5.41, 5.74) is 3.65. The first-order valence-electron chi connectivity index (χ1n) is 9.43. The molecule has 140 valence electrons. The van der Waals surface area contributed by atoms with E-state index in [0.717, 1.165) is 35.7 Å². The maximum atomic E-state index is 6.16. The molecular weight excluding hydrogens is 354 g/mol. The van der Waals surface area contributed by atoms with E-state index in [0.29, 0.717) is 12.6 Å². The smallest absolute Gasteiger partial charge is 0.119 e. The van der Waals surface area contributed by atoms with Crippen molar-refractivity contribution in [2.24, 2.45) is 0 Å². The zero-order valence-corrected chi connectivity index (χ0v) is 16.5. The Morgan fingerprint density at radius 1 is 0.852 bits per heavy atom. The van der Waals surface area contributed by atoms with E-state index in [-0.39, 0.29) is 0 Å². The standard InChI is InChI=1S/C24H26ClNO/c1-19(11-12-20-7-3-2-4-8-20)26-17-21-13-15-23(16-14-21)27-18-22-9-5-6-10-24(22)25/h2-10,13-16,19,26H,11-12,17-18H2,1H3/t19-/m0/s1. The van der Waals surface area contributed by atoms with Crippen LogP contribution in [-0.2, 0) is 19.6 Å². The SMILES string of the molecule is C[C@@H](CCc1ccccc1)NCc1ccc(OCc2ccccc2Cl)cc1. The topological polar surface area (TPSA) is 21.3 Å². The van der Waals surface area contributed by atoms with Crippen molar-refractivity contribution in [1.29, 1.82) is 0 Å². The number of hydrogen-bond acceptors (Lipinski definition) is 2. The number of rotatable bonds is 9. The van der Waals surface area contributed by atoms with Gasteiger partial charge in [0.2, 0.25) is 0 Å². The van der Waals surface area contributed by atoms with E-state index >= 15 is 0 Å². The Balaban J connectivity index is 1.41. The summed E-state index contributed by atoms with van der Waals surface area (Å²) in [5, 5.41) is 4.33. The number of benzene rings is 3. The Labute approximate surface area is 167 Å². The van der Waals surface area contributed by atoms with Crippen molar-refractivity contribution in [2.45, 2.75) is 39.0 Å². The molecule has 0 aromatic heterocycles. The molecule has 0 spiro atoms. The minimum atomic E-state index is 0.473. The zero-order chi connectivity index (χ0) is 18.9. The van der Waals surface area contributed by atoms with Crippen LogP contribution >= 0.6 is 11.6 Å². The van der Waals surface area contributed by atoms with Crippen molar-refractivity contribution in [3.05, 3.63) is 101 Å². The average molecular weight is 380 g/mol. The molecule has 3 aromatic rings. The highest BCUT2D eigenvalue weighted by Crippen LogP contribution is 2.19. The highest BCUT2D eigenvalue weighted by atomic mass is 35.5. The van der Waals surface area contributed by atoms with Crippen molar-refractivity contribution in [2.75, 3.05) is 0 Å². The summed E-state index contributed by atoms with van der Waals surface area (Å²) in [7, 11) is 0. The molecule has 0 unspecified atom stereocenters. The molecule has 3 heteroatoms. The van der Waals surface area contributed by atoms with Gasteiger partial charge in [-0.05, 0) is 49.1 Å². The van der Waals surface area contributed by atoms with Crippen LogP contribution in [0, 0.1) is 0 Å². The molecule has 1 atom stereocenters. The fourth-order valence-corrected chi connectivity index (χ4v) is 3.09. The van der Waals surface area contributed by atoms with Gasteiger partial charge in [-0.2, -0.15) is 0 Å². The largest absolute Gasteiger partial charge is 0.489 e. The van der Waals surface area contributed by atoms with Gasteiger partial charge in [0.05, 0.1) is 0 Å². The second kappa shape index (κ2) is 10.1. The fraction of sp³-hybridized carbons (Fsp3) is 0.250. The van der Waals surface area contributed by atoms with Gasteiger partial charge in [-0.25, -0.2) is 0 Å². The molecule has 2 nitrogen and oxygen atoms in total. The predicted octanol–water partition coefficient (Wildman–Crippen LogP) is 6.03. The van der Waals surface area contributed by atoms with Crippen LogP contribution in [0.5, 0.6) is 5.75 Å². The molecule has 0 saturated carbocycles. The molecule has 3 aromatic carbocycles. The number of halogens is 1. The van der Waals surface area contributed by atoms with Gasteiger partial charge < -0.3 is 10.1 Å². The number of hydrogen-bond donors (Lipinski definition) is 1. The molecule has 0 fully saturated rings. The van der Waals surface area contributed by atoms with Crippen LogP contribution in [0.3, 0.4) is 0 Å². The molecular formula is C24H26ClNO. The molecule has 0 heterocycles. The molecule has 1 N–H and O–H groups in total. The van der Waals surface area contributed by atoms with E-state index in [1.807, 2.05) is 36.4 Å². The van der Waals surface area contributed by atoms with Crippen LogP contribution < -0.4 is 10.1 Å². The Hall–Kier alpha value is -2.29. The number of aryl methyl sites for hydroxylation is 1. The van der Waals surface area contributed by atoms with Crippen molar-refractivity contribution >= 4 is 11.6 Å². The summed E-state index contributed by atoms with van der Waals surface area (Å²) in [6.45, 7) is 3.58. The van der Waals surface area contributed by atoms with Gasteiger partial charge in [-0.15, -0.1) is 0 Å². The van der Waals surface area contributed by atoms with Crippen LogP contribution in [-0.4, -0.2) is 6.04 Å². The Bertz CT molecular complexity index is 817. The van der Waals surface area contributed by atoms with Crippen LogP contribution in [0.2, 0.25) is 5.02 Å². The van der Waals surface area contributed by atoms with Gasteiger partial charge in [0.25, 0.3) is 0 Å². The van der Waals surface area contributed by atoms with E-state index < -0.39 is 0 Å². The lowest BCUT2D eigenvalue weighted by molar-refractivity contribution is 0.306. The Kier molecular flexibility index (Phi) is 7.32. The molecule has 0 aliphatic rings. The maximum Gasteiger partial charge on any atom is 0.119 e. The van der Waals surface area contributed by atoms with Gasteiger partial charge in [0.15, 0.2) is 0 Å². The first kappa shape index (κ1) is 19.5. The summed E-state index contributed by atoms with van der Waals surface area (Å²) in [4.78, 5) is 0. The van der Waals surface area contributed by atoms with Crippen molar-refractivity contribution in [1.82, 2.24) is 5.32 Å². The summed E-state index contributed by atoms with van der Waals surface area (Å²) in [6, 6.07) is 27.1. The minimum Gasteiger partial charge on any atom is -0.489 e. The average Bonchev–Trinajstić information content (AvgIpc) is 2.72. The van der Waals surface area contributed by atoms with Gasteiger partial charge in [-0.1, -0.05) is 72.3 Å². The number of nitrogens with one attached hydrogen (secondary N) is 1. The van der Waals surface area contributed by atoms with Crippen molar-refractivity contribution in [3.8, 4) is 5.75 Å². The summed E-state index contributed by atoms with van der Waals surface area (Å²) < 4.78 is 5.84. The third-order valence-corrected chi connectivity index (χ3v) is 5.01. The normalized spacial score (nSPS) is 11.9. The third kappa shape index (κ3) is 6.42. The van der Waals surface area contributed by atoms with E-state index in [1.165, 1.54) is 11.1 Å². The monoisotopic (exact) mass is 379 g/mol. The van der Waals surface area contributed by atoms with E-state index in [2.05, 4.69) is 54.7 Å². The third-order valence-electron chi connectivity index (χ3n) is 4.64. The Morgan fingerprint density at radius 2 is 1.56 bits per heavy atom. The second-order valence-electron chi connectivity index (χ2n) is 6.83. The van der Waals surface area contributed by atoms with E-state index in [9.17, 15) is 0 Å². The van der Waals surface area contributed by atoms with E-state index in [4.69, 9.17) is 16.3 Å². The lowest BCUT2D eigenvalue weighted by atomic mass is 10.1. The Morgan fingerprint density at radius 3 is 2.30 bits per heavy atom. The highest BCUT2D eigenvalue weighted by molar-refractivity contribution is 6.31. The molecule has 0 saturated heterocycles. The van der Waals surface area contributed by atoms with Crippen LogP contribution in [0.25, 0.3) is 0 Å². The molecule has 3 rings (SSSR count). The molecule has 0 amide bonds. The molecule has 0 aliphatic heterocycles. The minimum absolute atomic E-state index is 0.473. The van der Waals surface area contributed by atoms with Crippen molar-refractivity contribution < 1.29 is 4.74 Å². The quantitative estimate of drug-likeness (QED) is 0.490. The van der Waals surface area contributed by atoms with Crippen LogP contribution in [0.4, 0.5) is 0 Å². The van der Waals surface area contributed by atoms with Crippen molar-refractivity contribution in [3.63, 3.8) is 0 Å². The zero-order valence-electron chi connectivity index (χ0n) is 15.7. The van der Waals surface area contributed by atoms with Crippen LogP contribution in [0.1, 0.15) is 30.0 Å².